The van der Waals surface area contributed by atoms with Gasteiger partial charge in [0.05, 0.1) is 7.11 Å². The maximum absolute atomic E-state index is 11.7. The van der Waals surface area contributed by atoms with E-state index in [9.17, 15) is 9.59 Å². The summed E-state index contributed by atoms with van der Waals surface area (Å²) in [5, 5.41) is 2.57. The summed E-state index contributed by atoms with van der Waals surface area (Å²) in [6.45, 7) is 5.26. The molecule has 0 aliphatic heterocycles. The topological polar surface area (TPSA) is 64.6 Å². The normalized spacial score (nSPS) is 26.5. The lowest BCUT2D eigenvalue weighted by atomic mass is 9.68. The number of alkyl carbamates (subject to hydrolysis) is 1. The molecule has 0 radical (unpaired) electrons. The Balaban J connectivity index is 2.68. The van der Waals surface area contributed by atoms with E-state index in [1.807, 2.05) is 0 Å². The van der Waals surface area contributed by atoms with Crippen molar-refractivity contribution in [2.75, 3.05) is 7.11 Å². The van der Waals surface area contributed by atoms with E-state index >= 15 is 0 Å². The van der Waals surface area contributed by atoms with Crippen LogP contribution in [-0.4, -0.2) is 30.3 Å². The molecule has 5 heteroatoms. The summed E-state index contributed by atoms with van der Waals surface area (Å²) in [7, 11) is 1.28. The highest BCUT2D eigenvalue weighted by molar-refractivity contribution is 5.87. The van der Waals surface area contributed by atoms with Crippen LogP contribution in [0.15, 0.2) is 0 Å². The van der Waals surface area contributed by atoms with Crippen LogP contribution in [0, 0.1) is 18.3 Å². The second-order valence-corrected chi connectivity index (χ2v) is 5.47. The van der Waals surface area contributed by atoms with E-state index in [4.69, 9.17) is 15.9 Å². The van der Waals surface area contributed by atoms with Gasteiger partial charge in [0.25, 0.3) is 0 Å². The largest absolute Gasteiger partial charge is 0.467 e. The Morgan fingerprint density at radius 3 is 2.33 bits per heavy atom. The van der Waals surface area contributed by atoms with Gasteiger partial charge in [-0.05, 0) is 33.6 Å². The average molecular weight is 253 g/mol. The first-order chi connectivity index (χ1) is 8.22. The quantitative estimate of drug-likeness (QED) is 0.598. The van der Waals surface area contributed by atoms with Crippen LogP contribution in [0.4, 0.5) is 4.79 Å². The van der Waals surface area contributed by atoms with Gasteiger partial charge in [-0.2, -0.15) is 0 Å². The third kappa shape index (κ3) is 3.16. The molecule has 0 aromatic rings. The third-order valence-corrected chi connectivity index (χ3v) is 2.74. The Bertz CT molecular complexity index is 383. The Morgan fingerprint density at radius 2 is 1.94 bits per heavy atom. The molecule has 1 aliphatic rings. The first-order valence-electron chi connectivity index (χ1n) is 5.78. The minimum Gasteiger partial charge on any atom is -0.467 e. The van der Waals surface area contributed by atoms with Crippen molar-refractivity contribution in [3.8, 4) is 12.3 Å². The molecule has 1 aliphatic carbocycles. The summed E-state index contributed by atoms with van der Waals surface area (Å²) in [6, 6.07) is 0. The van der Waals surface area contributed by atoms with Crippen LogP contribution in [0.25, 0.3) is 0 Å². The average Bonchev–Trinajstić information content (AvgIpc) is 2.18. The van der Waals surface area contributed by atoms with E-state index in [0.717, 1.165) is 0 Å². The molecule has 0 aromatic heterocycles. The summed E-state index contributed by atoms with van der Waals surface area (Å²) in [4.78, 5) is 23.4. The highest BCUT2D eigenvalue weighted by atomic mass is 16.6. The molecule has 100 valence electrons. The van der Waals surface area contributed by atoms with Gasteiger partial charge in [0, 0.05) is 5.92 Å². The molecule has 0 heterocycles. The molecule has 1 rings (SSSR count). The van der Waals surface area contributed by atoms with Gasteiger partial charge in [-0.25, -0.2) is 9.59 Å². The van der Waals surface area contributed by atoms with Gasteiger partial charge in [0.1, 0.15) is 11.1 Å². The number of esters is 1. The van der Waals surface area contributed by atoms with Crippen LogP contribution in [0.2, 0.25) is 0 Å². The highest BCUT2D eigenvalue weighted by Gasteiger charge is 2.52. The minimum absolute atomic E-state index is 0.0148. The number of amides is 1. The van der Waals surface area contributed by atoms with Crippen molar-refractivity contribution in [3.05, 3.63) is 0 Å². The number of terminal acetylenes is 1. The van der Waals surface area contributed by atoms with Crippen molar-refractivity contribution in [2.24, 2.45) is 5.92 Å². The molecule has 0 bridgehead atoms. The van der Waals surface area contributed by atoms with E-state index < -0.39 is 23.2 Å². The van der Waals surface area contributed by atoms with Crippen molar-refractivity contribution in [1.82, 2.24) is 5.32 Å². The Labute approximate surface area is 107 Å². The molecule has 0 unspecified atom stereocenters. The maximum atomic E-state index is 11.7. The number of hydrogen-bond acceptors (Lipinski definition) is 4. The number of rotatable bonds is 2. The zero-order valence-corrected chi connectivity index (χ0v) is 11.2. The van der Waals surface area contributed by atoms with Gasteiger partial charge in [0.2, 0.25) is 0 Å². The fraction of sp³-hybridized carbons (Fsp3) is 0.692. The number of carbonyl (C=O) groups excluding carboxylic acids is 2. The number of ether oxygens (including phenoxy) is 2. The molecule has 0 aromatic carbocycles. The summed E-state index contributed by atoms with van der Waals surface area (Å²) in [5.41, 5.74) is -1.65. The fourth-order valence-corrected chi connectivity index (χ4v) is 1.91. The van der Waals surface area contributed by atoms with Crippen molar-refractivity contribution in [1.29, 1.82) is 0 Å². The number of carbonyl (C=O) groups is 2. The number of nitrogens with one attached hydrogen (secondary N) is 1. The second kappa shape index (κ2) is 4.89. The van der Waals surface area contributed by atoms with E-state index in [-0.39, 0.29) is 5.92 Å². The lowest BCUT2D eigenvalue weighted by Gasteiger charge is -2.43. The summed E-state index contributed by atoms with van der Waals surface area (Å²) >= 11 is 0. The number of hydrogen-bond donors (Lipinski definition) is 1. The smallest absolute Gasteiger partial charge is 0.408 e. The maximum Gasteiger partial charge on any atom is 0.408 e. The van der Waals surface area contributed by atoms with Gasteiger partial charge in [-0.15, -0.1) is 12.3 Å². The van der Waals surface area contributed by atoms with Crippen molar-refractivity contribution in [2.45, 2.75) is 44.8 Å². The SMILES string of the molecule is C#CC1CC(NC(=O)OC(C)(C)C)(C(=O)OC)C1. The van der Waals surface area contributed by atoms with Crippen molar-refractivity contribution in [3.63, 3.8) is 0 Å². The molecule has 1 N–H and O–H groups in total. The van der Waals surface area contributed by atoms with E-state index in [0.29, 0.717) is 12.8 Å². The van der Waals surface area contributed by atoms with E-state index in [2.05, 4.69) is 11.2 Å². The second-order valence-electron chi connectivity index (χ2n) is 5.47. The van der Waals surface area contributed by atoms with Gasteiger partial charge < -0.3 is 14.8 Å². The molecular formula is C13H19NO4. The number of methoxy groups -OCH3 is 1. The first kappa shape index (κ1) is 14.4. The summed E-state index contributed by atoms with van der Waals surface area (Å²) in [5.74, 6) is 2.06. The molecule has 1 amide bonds. The molecule has 1 fully saturated rings. The first-order valence-corrected chi connectivity index (χ1v) is 5.78. The van der Waals surface area contributed by atoms with Crippen molar-refractivity contribution < 1.29 is 19.1 Å². The van der Waals surface area contributed by atoms with E-state index in [1.165, 1.54) is 7.11 Å². The highest BCUT2D eigenvalue weighted by Crippen LogP contribution is 2.38. The van der Waals surface area contributed by atoms with Gasteiger partial charge >= 0.3 is 12.1 Å². The van der Waals surface area contributed by atoms with E-state index in [1.54, 1.807) is 20.8 Å². The Hall–Kier alpha value is -1.70. The van der Waals surface area contributed by atoms with Gasteiger partial charge in [0.15, 0.2) is 0 Å². The Kier molecular flexibility index (Phi) is 3.90. The lowest BCUT2D eigenvalue weighted by molar-refractivity contribution is -0.153. The monoisotopic (exact) mass is 253 g/mol. The molecule has 1 saturated carbocycles. The fourth-order valence-electron chi connectivity index (χ4n) is 1.91. The third-order valence-electron chi connectivity index (χ3n) is 2.74. The molecular weight excluding hydrogens is 234 g/mol. The van der Waals surface area contributed by atoms with Crippen LogP contribution in [0.3, 0.4) is 0 Å². The Morgan fingerprint density at radius 1 is 1.39 bits per heavy atom. The molecule has 0 saturated heterocycles. The summed E-state index contributed by atoms with van der Waals surface area (Å²) < 4.78 is 9.83. The summed E-state index contributed by atoms with van der Waals surface area (Å²) in [6.07, 6.45) is 5.42. The lowest BCUT2D eigenvalue weighted by Crippen LogP contribution is -2.63. The van der Waals surface area contributed by atoms with Crippen LogP contribution < -0.4 is 5.32 Å². The molecule has 0 atom stereocenters. The standard InChI is InChI=1S/C13H19NO4/c1-6-9-7-13(8-9,10(15)17-5)14-11(16)18-12(2,3)4/h1,9H,7-8H2,2-5H3,(H,14,16). The van der Waals surface area contributed by atoms with Crippen LogP contribution in [-0.2, 0) is 14.3 Å². The van der Waals surface area contributed by atoms with Crippen LogP contribution in [0.1, 0.15) is 33.6 Å². The van der Waals surface area contributed by atoms with Crippen LogP contribution >= 0.6 is 0 Å². The zero-order valence-electron chi connectivity index (χ0n) is 11.2. The van der Waals surface area contributed by atoms with Crippen LogP contribution in [0.5, 0.6) is 0 Å². The molecule has 18 heavy (non-hydrogen) atoms. The molecule has 0 spiro atoms. The predicted molar refractivity (Wildman–Crippen MR) is 65.7 cm³/mol. The van der Waals surface area contributed by atoms with Crippen molar-refractivity contribution >= 4 is 12.1 Å². The van der Waals surface area contributed by atoms with Gasteiger partial charge in [-0.1, -0.05) is 0 Å². The molecule has 5 nitrogen and oxygen atoms in total. The predicted octanol–water partition coefficient (Wildman–Crippen LogP) is 1.47. The van der Waals surface area contributed by atoms with Gasteiger partial charge in [-0.3, -0.25) is 0 Å². The zero-order chi connectivity index (χ0) is 14.0. The minimum atomic E-state index is -1.03.